The van der Waals surface area contributed by atoms with E-state index in [1.54, 1.807) is 7.05 Å². The molecule has 0 amide bonds. The van der Waals surface area contributed by atoms with Gasteiger partial charge in [-0.25, -0.2) is 14.0 Å². The monoisotopic (exact) mass is 380 g/mol. The normalized spacial score (nSPS) is 11.5. The van der Waals surface area contributed by atoms with Crippen LogP contribution in [0.3, 0.4) is 0 Å². The third-order valence-corrected chi connectivity index (χ3v) is 4.53. The van der Waals surface area contributed by atoms with Gasteiger partial charge in [0.15, 0.2) is 0 Å². The van der Waals surface area contributed by atoms with Gasteiger partial charge >= 0.3 is 11.7 Å². The minimum Gasteiger partial charge on any atom is -0.467 e. The lowest BCUT2D eigenvalue weighted by Crippen LogP contribution is -2.23. The number of aryl methyl sites for hydroxylation is 2. The van der Waals surface area contributed by atoms with Gasteiger partial charge in [0.2, 0.25) is 0 Å². The van der Waals surface area contributed by atoms with Crippen LogP contribution in [0.1, 0.15) is 29.2 Å². The minimum absolute atomic E-state index is 0.224. The summed E-state index contributed by atoms with van der Waals surface area (Å²) in [5.74, 6) is 0. The second kappa shape index (κ2) is 8.56. The number of hydrogen-bond acceptors (Lipinski definition) is 5. The SMILES string of the molecule is COc1nn(C)c(=O)n1Cc1cc(C(C)=NOCc2ccccc2)ccc1C. The van der Waals surface area contributed by atoms with Gasteiger partial charge in [-0.1, -0.05) is 47.6 Å². The van der Waals surface area contributed by atoms with Crippen LogP contribution in [0.5, 0.6) is 6.01 Å². The first-order valence-electron chi connectivity index (χ1n) is 8.98. The smallest absolute Gasteiger partial charge is 0.348 e. The zero-order chi connectivity index (χ0) is 20.1. The van der Waals surface area contributed by atoms with Gasteiger partial charge in [-0.15, -0.1) is 5.10 Å². The first-order chi connectivity index (χ1) is 13.5. The minimum atomic E-state index is -0.224. The fourth-order valence-corrected chi connectivity index (χ4v) is 2.84. The quantitative estimate of drug-likeness (QED) is 0.467. The molecular formula is C21H24N4O3. The zero-order valence-electron chi connectivity index (χ0n) is 16.5. The van der Waals surface area contributed by atoms with Crippen molar-refractivity contribution in [2.75, 3.05) is 7.11 Å². The van der Waals surface area contributed by atoms with E-state index in [0.29, 0.717) is 13.2 Å². The highest BCUT2D eigenvalue weighted by Crippen LogP contribution is 2.16. The van der Waals surface area contributed by atoms with E-state index in [2.05, 4.69) is 10.3 Å². The van der Waals surface area contributed by atoms with Crippen molar-refractivity contribution < 1.29 is 9.57 Å². The van der Waals surface area contributed by atoms with Gasteiger partial charge in [0.25, 0.3) is 0 Å². The van der Waals surface area contributed by atoms with E-state index in [4.69, 9.17) is 9.57 Å². The van der Waals surface area contributed by atoms with E-state index in [-0.39, 0.29) is 11.7 Å². The Morgan fingerprint density at radius 1 is 1.18 bits per heavy atom. The number of oxime groups is 1. The Morgan fingerprint density at radius 3 is 2.64 bits per heavy atom. The molecular weight excluding hydrogens is 356 g/mol. The average Bonchev–Trinajstić information content (AvgIpc) is 2.98. The van der Waals surface area contributed by atoms with Gasteiger partial charge in [-0.2, -0.15) is 0 Å². The van der Waals surface area contributed by atoms with Crippen molar-refractivity contribution in [2.24, 2.45) is 12.2 Å². The second-order valence-electron chi connectivity index (χ2n) is 6.56. The summed E-state index contributed by atoms with van der Waals surface area (Å²) in [5.41, 5.74) is 4.60. The standard InChI is InChI=1S/C21H24N4O3/c1-15-10-11-18(16(2)23-28-14-17-8-6-5-7-9-17)12-19(15)13-25-20(27-4)22-24(3)21(25)26/h5-12H,13-14H2,1-4H3. The van der Waals surface area contributed by atoms with Crippen LogP contribution in [0, 0.1) is 6.92 Å². The molecule has 0 unspecified atom stereocenters. The predicted molar refractivity (Wildman–Crippen MR) is 108 cm³/mol. The molecule has 0 N–H and O–H groups in total. The number of benzene rings is 2. The Morgan fingerprint density at radius 2 is 1.93 bits per heavy atom. The lowest BCUT2D eigenvalue weighted by Gasteiger charge is -2.10. The topological polar surface area (TPSA) is 70.6 Å². The van der Waals surface area contributed by atoms with E-state index in [1.807, 2.05) is 62.4 Å². The molecule has 0 saturated carbocycles. The van der Waals surface area contributed by atoms with Gasteiger partial charge in [0.1, 0.15) is 6.61 Å². The Hall–Kier alpha value is -3.35. The molecule has 0 spiro atoms. The average molecular weight is 380 g/mol. The molecule has 2 aromatic carbocycles. The van der Waals surface area contributed by atoms with Crippen molar-refractivity contribution >= 4 is 5.71 Å². The molecule has 28 heavy (non-hydrogen) atoms. The lowest BCUT2D eigenvalue weighted by molar-refractivity contribution is 0.130. The first kappa shape index (κ1) is 19.4. The van der Waals surface area contributed by atoms with E-state index >= 15 is 0 Å². The second-order valence-corrected chi connectivity index (χ2v) is 6.56. The fourth-order valence-electron chi connectivity index (χ4n) is 2.84. The molecule has 0 fully saturated rings. The molecule has 3 rings (SSSR count). The number of rotatable bonds is 7. The first-order valence-corrected chi connectivity index (χ1v) is 8.98. The van der Waals surface area contributed by atoms with Crippen LogP contribution in [0.25, 0.3) is 0 Å². The van der Waals surface area contributed by atoms with Crippen LogP contribution in [-0.2, 0) is 25.0 Å². The molecule has 0 aliphatic rings. The number of methoxy groups -OCH3 is 1. The molecule has 0 aliphatic carbocycles. The van der Waals surface area contributed by atoms with E-state index in [9.17, 15) is 4.79 Å². The van der Waals surface area contributed by atoms with E-state index in [1.165, 1.54) is 16.4 Å². The maximum Gasteiger partial charge on any atom is 0.348 e. The van der Waals surface area contributed by atoms with Crippen molar-refractivity contribution in [2.45, 2.75) is 27.0 Å². The molecule has 1 heterocycles. The fraction of sp³-hybridized carbons (Fsp3) is 0.286. The van der Waals surface area contributed by atoms with Gasteiger partial charge in [0.05, 0.1) is 19.4 Å². The Kier molecular flexibility index (Phi) is 5.93. The van der Waals surface area contributed by atoms with Crippen molar-refractivity contribution in [1.29, 1.82) is 0 Å². The number of hydrogen-bond donors (Lipinski definition) is 0. The van der Waals surface area contributed by atoms with Crippen LogP contribution in [0.2, 0.25) is 0 Å². The summed E-state index contributed by atoms with van der Waals surface area (Å²) >= 11 is 0. The Bertz CT molecular complexity index is 1040. The maximum atomic E-state index is 12.3. The number of ether oxygens (including phenoxy) is 1. The molecule has 3 aromatic rings. The summed E-state index contributed by atoms with van der Waals surface area (Å²) in [5, 5.41) is 8.31. The highest BCUT2D eigenvalue weighted by Gasteiger charge is 2.13. The summed E-state index contributed by atoms with van der Waals surface area (Å²) in [6.07, 6.45) is 0. The molecule has 0 radical (unpaired) electrons. The molecule has 146 valence electrons. The van der Waals surface area contributed by atoms with Gasteiger partial charge in [0, 0.05) is 7.05 Å². The van der Waals surface area contributed by atoms with Crippen molar-refractivity contribution in [3.8, 4) is 6.01 Å². The Labute approximate surface area is 163 Å². The zero-order valence-corrected chi connectivity index (χ0v) is 16.5. The van der Waals surface area contributed by atoms with E-state index in [0.717, 1.165) is 28.0 Å². The summed E-state index contributed by atoms with van der Waals surface area (Å²) in [6, 6.07) is 16.2. The third-order valence-electron chi connectivity index (χ3n) is 4.53. The van der Waals surface area contributed by atoms with Crippen LogP contribution in [0.15, 0.2) is 58.5 Å². The molecule has 0 aliphatic heterocycles. The Balaban J connectivity index is 1.79. The molecule has 7 nitrogen and oxygen atoms in total. The largest absolute Gasteiger partial charge is 0.467 e. The van der Waals surface area contributed by atoms with Crippen LogP contribution in [-0.4, -0.2) is 27.2 Å². The molecule has 0 bridgehead atoms. The van der Waals surface area contributed by atoms with Gasteiger partial charge in [-0.3, -0.25) is 0 Å². The highest BCUT2D eigenvalue weighted by molar-refractivity contribution is 5.98. The summed E-state index contributed by atoms with van der Waals surface area (Å²) in [4.78, 5) is 17.8. The number of nitrogens with zero attached hydrogens (tertiary/aromatic N) is 4. The summed E-state index contributed by atoms with van der Waals surface area (Å²) in [6.45, 7) is 4.69. The van der Waals surface area contributed by atoms with Crippen molar-refractivity contribution in [3.63, 3.8) is 0 Å². The highest BCUT2D eigenvalue weighted by atomic mass is 16.6. The molecule has 1 aromatic heterocycles. The molecule has 7 heteroatoms. The van der Waals surface area contributed by atoms with Gasteiger partial charge in [-0.05, 0) is 42.2 Å². The van der Waals surface area contributed by atoms with Crippen LogP contribution < -0.4 is 10.4 Å². The number of aromatic nitrogens is 3. The van der Waals surface area contributed by atoms with E-state index < -0.39 is 0 Å². The van der Waals surface area contributed by atoms with Crippen molar-refractivity contribution in [3.05, 3.63) is 81.3 Å². The molecule has 0 saturated heterocycles. The van der Waals surface area contributed by atoms with Gasteiger partial charge < -0.3 is 9.57 Å². The predicted octanol–water partition coefficient (Wildman–Crippen LogP) is 2.89. The van der Waals surface area contributed by atoms with Crippen LogP contribution in [0.4, 0.5) is 0 Å². The van der Waals surface area contributed by atoms with Crippen molar-refractivity contribution in [1.82, 2.24) is 14.3 Å². The maximum absolute atomic E-state index is 12.3. The lowest BCUT2D eigenvalue weighted by atomic mass is 10.0. The van der Waals surface area contributed by atoms with Crippen LogP contribution >= 0.6 is 0 Å². The molecule has 0 atom stereocenters. The summed E-state index contributed by atoms with van der Waals surface area (Å²) < 4.78 is 7.99. The summed E-state index contributed by atoms with van der Waals surface area (Å²) in [7, 11) is 3.11. The third kappa shape index (κ3) is 4.31.